The molecule has 0 radical (unpaired) electrons. The average Bonchev–Trinajstić information content (AvgIpc) is 3.32. The number of carbonyl (C=O) groups excluding carboxylic acids is 1. The Morgan fingerprint density at radius 1 is 1.07 bits per heavy atom. The zero-order valence-corrected chi connectivity index (χ0v) is 16.4. The highest BCUT2D eigenvalue weighted by Gasteiger charge is 2.15. The maximum atomic E-state index is 12.5. The molecule has 27 heavy (non-hydrogen) atoms. The van der Waals surface area contributed by atoms with Crippen molar-refractivity contribution in [3.63, 3.8) is 0 Å². The number of nitrogens with zero attached hydrogens (tertiary/aromatic N) is 3. The Morgan fingerprint density at radius 2 is 1.96 bits per heavy atom. The molecule has 0 bridgehead atoms. The van der Waals surface area contributed by atoms with Crippen LogP contribution in [0, 0.1) is 13.8 Å². The van der Waals surface area contributed by atoms with Crippen LogP contribution in [0.2, 0.25) is 0 Å². The summed E-state index contributed by atoms with van der Waals surface area (Å²) in [6.07, 6.45) is 3.46. The van der Waals surface area contributed by atoms with Crippen LogP contribution in [0.25, 0.3) is 21.8 Å². The Balaban J connectivity index is 1.51. The fraction of sp³-hybridized carbons (Fsp3) is 0.100. The molecular formula is C20H16N4OS2. The maximum absolute atomic E-state index is 12.5. The van der Waals surface area contributed by atoms with Crippen LogP contribution >= 0.6 is 22.7 Å². The first kappa shape index (κ1) is 17.5. The summed E-state index contributed by atoms with van der Waals surface area (Å²) in [5.74, 6) is -0.255. The number of thiazole rings is 2. The minimum Gasteiger partial charge on any atom is -0.296 e. The second-order valence-electron chi connectivity index (χ2n) is 6.09. The Kier molecular flexibility index (Phi) is 4.79. The van der Waals surface area contributed by atoms with E-state index >= 15 is 0 Å². The lowest BCUT2D eigenvalue weighted by atomic mass is 10.1. The van der Waals surface area contributed by atoms with Gasteiger partial charge in [-0.15, -0.1) is 22.7 Å². The molecule has 0 aliphatic heterocycles. The van der Waals surface area contributed by atoms with E-state index in [4.69, 9.17) is 0 Å². The molecule has 3 heterocycles. The topological polar surface area (TPSA) is 67.8 Å². The number of benzene rings is 1. The summed E-state index contributed by atoms with van der Waals surface area (Å²) < 4.78 is 0. The predicted molar refractivity (Wildman–Crippen MR) is 110 cm³/mol. The van der Waals surface area contributed by atoms with Crippen molar-refractivity contribution in [2.45, 2.75) is 13.8 Å². The molecule has 0 spiro atoms. The largest absolute Gasteiger partial charge is 0.296 e. The van der Waals surface area contributed by atoms with Crippen LogP contribution in [0.4, 0.5) is 5.13 Å². The Hall–Kier alpha value is -2.90. The lowest BCUT2D eigenvalue weighted by Gasteiger charge is -2.03. The van der Waals surface area contributed by atoms with Gasteiger partial charge in [-0.05, 0) is 31.5 Å². The molecule has 0 fully saturated rings. The quantitative estimate of drug-likeness (QED) is 0.518. The van der Waals surface area contributed by atoms with E-state index in [0.29, 0.717) is 10.8 Å². The maximum Gasteiger partial charge on any atom is 0.276 e. The predicted octanol–water partition coefficient (Wildman–Crippen LogP) is 5.20. The minimum atomic E-state index is -0.255. The minimum absolute atomic E-state index is 0.255. The highest BCUT2D eigenvalue weighted by atomic mass is 32.1. The van der Waals surface area contributed by atoms with Gasteiger partial charge in [0.05, 0.1) is 5.69 Å². The molecule has 1 N–H and O–H groups in total. The molecule has 0 unspecified atom stereocenters. The summed E-state index contributed by atoms with van der Waals surface area (Å²) in [7, 11) is 0. The zero-order valence-electron chi connectivity index (χ0n) is 14.8. The van der Waals surface area contributed by atoms with Crippen molar-refractivity contribution in [1.82, 2.24) is 15.0 Å². The normalized spacial score (nSPS) is 10.7. The van der Waals surface area contributed by atoms with E-state index in [-0.39, 0.29) is 5.91 Å². The number of aryl methyl sites for hydroxylation is 2. The summed E-state index contributed by atoms with van der Waals surface area (Å²) in [6, 6.07) is 10.0. The van der Waals surface area contributed by atoms with Gasteiger partial charge in [0.1, 0.15) is 10.7 Å². The molecule has 0 atom stereocenters. The van der Waals surface area contributed by atoms with E-state index in [1.54, 1.807) is 17.8 Å². The highest BCUT2D eigenvalue weighted by Crippen LogP contribution is 2.28. The molecule has 0 saturated heterocycles. The van der Waals surface area contributed by atoms with Crippen LogP contribution in [0.15, 0.2) is 53.5 Å². The fourth-order valence-corrected chi connectivity index (χ4v) is 4.30. The fourth-order valence-electron chi connectivity index (χ4n) is 2.69. The van der Waals surface area contributed by atoms with Crippen LogP contribution in [-0.4, -0.2) is 20.9 Å². The van der Waals surface area contributed by atoms with Gasteiger partial charge in [0.15, 0.2) is 5.13 Å². The summed E-state index contributed by atoms with van der Waals surface area (Å²) in [4.78, 5) is 25.6. The van der Waals surface area contributed by atoms with Crippen LogP contribution in [-0.2, 0) is 0 Å². The number of anilines is 1. The molecule has 4 aromatic rings. The van der Waals surface area contributed by atoms with Crippen LogP contribution in [0.3, 0.4) is 0 Å². The standard InChI is InChI=1S/C20H16N4OS2/c1-12-5-6-15(13(2)8-12)19-22-17(11-26-19)18(25)24-20-23-16(10-27-20)14-4-3-7-21-9-14/h3-11H,1-2H3,(H,23,24,25). The number of pyridine rings is 1. The van der Waals surface area contributed by atoms with Gasteiger partial charge in [-0.25, -0.2) is 9.97 Å². The molecule has 0 aliphatic rings. The Morgan fingerprint density at radius 3 is 2.74 bits per heavy atom. The van der Waals surface area contributed by atoms with Gasteiger partial charge >= 0.3 is 0 Å². The van der Waals surface area contributed by atoms with Crippen molar-refractivity contribution in [2.75, 3.05) is 5.32 Å². The van der Waals surface area contributed by atoms with Gasteiger partial charge in [0.2, 0.25) is 0 Å². The second-order valence-corrected chi connectivity index (χ2v) is 7.81. The molecule has 5 nitrogen and oxygen atoms in total. The first-order valence-corrected chi connectivity index (χ1v) is 10.1. The number of aromatic nitrogens is 3. The number of hydrogen-bond acceptors (Lipinski definition) is 6. The molecule has 134 valence electrons. The second kappa shape index (κ2) is 7.38. The molecule has 1 aromatic carbocycles. The van der Waals surface area contributed by atoms with E-state index in [2.05, 4.69) is 46.2 Å². The Labute approximate surface area is 164 Å². The van der Waals surface area contributed by atoms with Crippen LogP contribution in [0.5, 0.6) is 0 Å². The third-order valence-corrected chi connectivity index (χ3v) is 5.66. The number of nitrogens with one attached hydrogen (secondary N) is 1. The first-order valence-electron chi connectivity index (χ1n) is 8.30. The van der Waals surface area contributed by atoms with Gasteiger partial charge in [-0.3, -0.25) is 15.1 Å². The molecule has 4 rings (SSSR count). The van der Waals surface area contributed by atoms with E-state index in [1.165, 1.54) is 28.2 Å². The molecule has 3 aromatic heterocycles. The van der Waals surface area contributed by atoms with Crippen molar-refractivity contribution in [3.05, 3.63) is 70.3 Å². The number of amides is 1. The van der Waals surface area contributed by atoms with Gasteiger partial charge in [-0.2, -0.15) is 0 Å². The van der Waals surface area contributed by atoms with Crippen LogP contribution in [0.1, 0.15) is 21.6 Å². The number of carbonyl (C=O) groups is 1. The zero-order chi connectivity index (χ0) is 18.8. The van der Waals surface area contributed by atoms with Gasteiger partial charge in [0, 0.05) is 34.3 Å². The van der Waals surface area contributed by atoms with Crippen molar-refractivity contribution in [2.24, 2.45) is 0 Å². The number of hydrogen-bond donors (Lipinski definition) is 1. The van der Waals surface area contributed by atoms with E-state index in [1.807, 2.05) is 23.6 Å². The van der Waals surface area contributed by atoms with Gasteiger partial charge < -0.3 is 0 Å². The van der Waals surface area contributed by atoms with Crippen molar-refractivity contribution >= 4 is 33.7 Å². The third-order valence-electron chi connectivity index (χ3n) is 4.03. The van der Waals surface area contributed by atoms with Crippen LogP contribution < -0.4 is 5.32 Å². The SMILES string of the molecule is Cc1ccc(-c2nc(C(=O)Nc3nc(-c4cccnc4)cs3)cs2)c(C)c1. The van der Waals surface area contributed by atoms with Crippen molar-refractivity contribution < 1.29 is 4.79 Å². The summed E-state index contributed by atoms with van der Waals surface area (Å²) >= 11 is 2.85. The monoisotopic (exact) mass is 392 g/mol. The van der Waals surface area contributed by atoms with E-state index in [0.717, 1.165) is 27.4 Å². The lowest BCUT2D eigenvalue weighted by Crippen LogP contribution is -2.12. The van der Waals surface area contributed by atoms with Crippen molar-refractivity contribution in [3.8, 4) is 21.8 Å². The summed E-state index contributed by atoms with van der Waals surface area (Å²) in [5.41, 5.74) is 5.51. The van der Waals surface area contributed by atoms with E-state index in [9.17, 15) is 4.79 Å². The molecule has 0 aliphatic carbocycles. The lowest BCUT2D eigenvalue weighted by molar-refractivity contribution is 0.102. The average molecular weight is 393 g/mol. The number of rotatable bonds is 4. The van der Waals surface area contributed by atoms with Crippen molar-refractivity contribution in [1.29, 1.82) is 0 Å². The summed E-state index contributed by atoms with van der Waals surface area (Å²) in [5, 5.41) is 7.89. The molecule has 0 saturated carbocycles. The highest BCUT2D eigenvalue weighted by molar-refractivity contribution is 7.14. The van der Waals surface area contributed by atoms with Gasteiger partial charge in [0.25, 0.3) is 5.91 Å². The molecular weight excluding hydrogens is 376 g/mol. The van der Waals surface area contributed by atoms with Gasteiger partial charge in [-0.1, -0.05) is 23.8 Å². The first-order chi connectivity index (χ1) is 13.1. The Bertz CT molecular complexity index is 1100. The third kappa shape index (κ3) is 3.79. The van der Waals surface area contributed by atoms with E-state index < -0.39 is 0 Å². The molecule has 1 amide bonds. The smallest absolute Gasteiger partial charge is 0.276 e. The molecule has 7 heteroatoms. The summed E-state index contributed by atoms with van der Waals surface area (Å²) in [6.45, 7) is 4.12.